The largest absolute Gasteiger partial charge is 0.484 e. The van der Waals surface area contributed by atoms with Gasteiger partial charge in [0.2, 0.25) is 0 Å². The van der Waals surface area contributed by atoms with Crippen molar-refractivity contribution in [2.24, 2.45) is 0 Å². The molecule has 0 fully saturated rings. The lowest BCUT2D eigenvalue weighted by molar-refractivity contribution is -0.385. The van der Waals surface area contributed by atoms with Crippen LogP contribution in [-0.2, 0) is 0 Å². The number of hydrogen-bond donors (Lipinski definition) is 1. The topological polar surface area (TPSA) is 72.6 Å². The van der Waals surface area contributed by atoms with Crippen molar-refractivity contribution in [3.05, 3.63) is 69.0 Å². The van der Waals surface area contributed by atoms with Crippen LogP contribution in [0.3, 0.4) is 0 Å². The summed E-state index contributed by atoms with van der Waals surface area (Å²) >= 11 is 5.75. The van der Waals surface area contributed by atoms with E-state index in [9.17, 15) is 19.6 Å². The molecule has 0 aromatic heterocycles. The molecule has 0 radical (unpaired) electrons. The lowest BCUT2D eigenvalue weighted by atomic mass is 10.1. The third-order valence-electron chi connectivity index (χ3n) is 2.78. The van der Waals surface area contributed by atoms with Gasteiger partial charge in [0.25, 0.3) is 0 Å². The van der Waals surface area contributed by atoms with Crippen LogP contribution in [0.15, 0.2) is 42.5 Å². The summed E-state index contributed by atoms with van der Waals surface area (Å²) in [7, 11) is 0. The van der Waals surface area contributed by atoms with E-state index in [4.69, 9.17) is 16.3 Å². The van der Waals surface area contributed by atoms with Crippen LogP contribution >= 0.6 is 11.6 Å². The minimum Gasteiger partial charge on any atom is -0.484 e. The van der Waals surface area contributed by atoms with E-state index in [0.717, 1.165) is 0 Å². The van der Waals surface area contributed by atoms with Crippen LogP contribution in [0.5, 0.6) is 5.75 Å². The zero-order chi connectivity index (χ0) is 15.4. The van der Waals surface area contributed by atoms with Crippen molar-refractivity contribution in [2.75, 3.05) is 6.61 Å². The Kier molecular flexibility index (Phi) is 4.72. The average Bonchev–Trinajstić information content (AvgIpc) is 2.45. The summed E-state index contributed by atoms with van der Waals surface area (Å²) in [6.45, 7) is -0.331. The molecule has 2 rings (SSSR count). The first kappa shape index (κ1) is 15.2. The molecule has 0 aliphatic heterocycles. The van der Waals surface area contributed by atoms with Crippen molar-refractivity contribution < 1.29 is 19.2 Å². The van der Waals surface area contributed by atoms with E-state index in [1.165, 1.54) is 36.4 Å². The van der Waals surface area contributed by atoms with Crippen LogP contribution in [0.1, 0.15) is 11.7 Å². The second-order valence-electron chi connectivity index (χ2n) is 4.22. The fourth-order valence-corrected chi connectivity index (χ4v) is 1.92. The summed E-state index contributed by atoms with van der Waals surface area (Å²) < 4.78 is 18.7. The summed E-state index contributed by atoms with van der Waals surface area (Å²) in [4.78, 5) is 10.2. The Labute approximate surface area is 124 Å². The molecule has 5 nitrogen and oxygen atoms in total. The van der Waals surface area contributed by atoms with Gasteiger partial charge in [-0.2, -0.15) is 0 Å². The first-order valence-electron chi connectivity index (χ1n) is 5.98. The van der Waals surface area contributed by atoms with Crippen molar-refractivity contribution in [3.8, 4) is 5.75 Å². The summed E-state index contributed by atoms with van der Waals surface area (Å²) in [5, 5.41) is 21.0. The number of benzene rings is 2. The van der Waals surface area contributed by atoms with E-state index < -0.39 is 16.8 Å². The van der Waals surface area contributed by atoms with Gasteiger partial charge in [-0.1, -0.05) is 29.8 Å². The van der Waals surface area contributed by atoms with Crippen LogP contribution in [0.25, 0.3) is 0 Å². The predicted octanol–water partition coefficient (Wildman–Crippen LogP) is 3.50. The van der Waals surface area contributed by atoms with Crippen molar-refractivity contribution in [1.82, 2.24) is 0 Å². The number of aliphatic hydroxyl groups is 1. The van der Waals surface area contributed by atoms with Crippen molar-refractivity contribution in [2.45, 2.75) is 6.10 Å². The van der Waals surface area contributed by atoms with E-state index in [-0.39, 0.29) is 28.6 Å². The van der Waals surface area contributed by atoms with E-state index >= 15 is 0 Å². The predicted molar refractivity (Wildman–Crippen MR) is 75.0 cm³/mol. The summed E-state index contributed by atoms with van der Waals surface area (Å²) in [6, 6.07) is 9.52. The third-order valence-corrected chi connectivity index (χ3v) is 3.01. The molecular weight excluding hydrogens is 301 g/mol. The molecule has 1 unspecified atom stereocenters. The van der Waals surface area contributed by atoms with Gasteiger partial charge in [-0.15, -0.1) is 0 Å². The molecule has 21 heavy (non-hydrogen) atoms. The molecule has 0 saturated carbocycles. The number of ether oxygens (including phenoxy) is 1. The number of rotatable bonds is 5. The number of hydrogen-bond acceptors (Lipinski definition) is 4. The normalized spacial score (nSPS) is 12.0. The Morgan fingerprint density at radius 3 is 2.71 bits per heavy atom. The number of nitrogens with zero attached hydrogens (tertiary/aromatic N) is 1. The first-order chi connectivity index (χ1) is 9.99. The Bertz CT molecular complexity index is 665. The standard InChI is InChI=1S/C14H11ClFNO4/c15-9-5-6-12(17(19)20)14(7-9)21-8-13(18)10-3-1-2-4-11(10)16/h1-7,13,18H,8H2. The SMILES string of the molecule is O=[N+]([O-])c1ccc(Cl)cc1OCC(O)c1ccccc1F. The monoisotopic (exact) mass is 311 g/mol. The van der Waals surface area contributed by atoms with Crippen LogP contribution in [-0.4, -0.2) is 16.6 Å². The van der Waals surface area contributed by atoms with Gasteiger partial charge in [0, 0.05) is 22.7 Å². The van der Waals surface area contributed by atoms with Gasteiger partial charge < -0.3 is 9.84 Å². The molecule has 0 aliphatic rings. The zero-order valence-electron chi connectivity index (χ0n) is 10.7. The van der Waals surface area contributed by atoms with Crippen LogP contribution in [0.2, 0.25) is 5.02 Å². The molecular formula is C14H11ClFNO4. The number of nitro groups is 1. The fraction of sp³-hybridized carbons (Fsp3) is 0.143. The molecule has 7 heteroatoms. The minimum absolute atomic E-state index is 0.0576. The molecule has 0 spiro atoms. The van der Waals surface area contributed by atoms with E-state index in [1.54, 1.807) is 6.07 Å². The van der Waals surface area contributed by atoms with Crippen LogP contribution in [0.4, 0.5) is 10.1 Å². The third kappa shape index (κ3) is 3.68. The van der Waals surface area contributed by atoms with Gasteiger partial charge in [0.05, 0.1) is 4.92 Å². The lowest BCUT2D eigenvalue weighted by Gasteiger charge is -2.13. The van der Waals surface area contributed by atoms with Crippen molar-refractivity contribution >= 4 is 17.3 Å². The van der Waals surface area contributed by atoms with Crippen LogP contribution in [0, 0.1) is 15.9 Å². The van der Waals surface area contributed by atoms with Gasteiger partial charge in [0.1, 0.15) is 18.5 Å². The minimum atomic E-state index is -1.25. The van der Waals surface area contributed by atoms with Gasteiger partial charge in [-0.3, -0.25) is 10.1 Å². The highest BCUT2D eigenvalue weighted by atomic mass is 35.5. The second kappa shape index (κ2) is 6.51. The van der Waals surface area contributed by atoms with Crippen LogP contribution < -0.4 is 4.74 Å². The highest BCUT2D eigenvalue weighted by Gasteiger charge is 2.18. The first-order valence-corrected chi connectivity index (χ1v) is 6.36. The Hall–Kier alpha value is -2.18. The lowest BCUT2D eigenvalue weighted by Crippen LogP contribution is -2.12. The van der Waals surface area contributed by atoms with E-state index in [0.29, 0.717) is 0 Å². The molecule has 0 bridgehead atoms. The number of nitro benzene ring substituents is 1. The van der Waals surface area contributed by atoms with Gasteiger partial charge in [0.15, 0.2) is 5.75 Å². The highest BCUT2D eigenvalue weighted by Crippen LogP contribution is 2.30. The van der Waals surface area contributed by atoms with Gasteiger partial charge in [-0.25, -0.2) is 4.39 Å². The summed E-state index contributed by atoms with van der Waals surface area (Å²) in [6.07, 6.45) is -1.25. The van der Waals surface area contributed by atoms with E-state index in [2.05, 4.69) is 0 Å². The smallest absolute Gasteiger partial charge is 0.311 e. The molecule has 0 amide bonds. The molecule has 0 saturated heterocycles. The Balaban J connectivity index is 2.15. The van der Waals surface area contributed by atoms with Gasteiger partial charge in [-0.05, 0) is 12.1 Å². The molecule has 2 aromatic carbocycles. The van der Waals surface area contributed by atoms with Gasteiger partial charge >= 0.3 is 5.69 Å². The quantitative estimate of drug-likeness (QED) is 0.677. The number of halogens is 2. The molecule has 1 atom stereocenters. The highest BCUT2D eigenvalue weighted by molar-refractivity contribution is 6.30. The average molecular weight is 312 g/mol. The summed E-state index contributed by atoms with van der Waals surface area (Å²) in [5.74, 6) is -0.655. The Morgan fingerprint density at radius 1 is 1.33 bits per heavy atom. The Morgan fingerprint density at radius 2 is 2.05 bits per heavy atom. The molecule has 110 valence electrons. The summed E-state index contributed by atoms with van der Waals surface area (Å²) in [5.41, 5.74) is -0.220. The second-order valence-corrected chi connectivity index (χ2v) is 4.65. The number of aliphatic hydroxyl groups excluding tert-OH is 1. The molecule has 2 aromatic rings. The molecule has 0 heterocycles. The molecule has 1 N–H and O–H groups in total. The maximum atomic E-state index is 13.5. The fourth-order valence-electron chi connectivity index (χ4n) is 1.76. The maximum absolute atomic E-state index is 13.5. The van der Waals surface area contributed by atoms with Crippen molar-refractivity contribution in [3.63, 3.8) is 0 Å². The zero-order valence-corrected chi connectivity index (χ0v) is 11.5. The maximum Gasteiger partial charge on any atom is 0.311 e. The molecule has 0 aliphatic carbocycles. The van der Waals surface area contributed by atoms with Crippen molar-refractivity contribution in [1.29, 1.82) is 0 Å². The van der Waals surface area contributed by atoms with E-state index in [1.807, 2.05) is 0 Å².